The van der Waals surface area contributed by atoms with Crippen LogP contribution in [0.3, 0.4) is 0 Å². The van der Waals surface area contributed by atoms with Gasteiger partial charge in [-0.25, -0.2) is 4.98 Å². The van der Waals surface area contributed by atoms with Gasteiger partial charge < -0.3 is 10.6 Å². The smallest absolute Gasteiger partial charge is 0.256 e. The zero-order valence-electron chi connectivity index (χ0n) is 13.1. The number of nitrogens with two attached hydrogens (primary N) is 1. The summed E-state index contributed by atoms with van der Waals surface area (Å²) in [5.74, 6) is -0.122. The molecule has 0 aliphatic carbocycles. The monoisotopic (exact) mass is 361 g/mol. The Morgan fingerprint density at radius 1 is 1.17 bits per heavy atom. The predicted molar refractivity (Wildman–Crippen MR) is 101 cm³/mol. The minimum absolute atomic E-state index is 0. The summed E-state index contributed by atoms with van der Waals surface area (Å²) in [4.78, 5) is 18.3. The van der Waals surface area contributed by atoms with E-state index >= 15 is 0 Å². The molecule has 0 fully saturated rings. The fourth-order valence-electron chi connectivity index (χ4n) is 2.49. The van der Waals surface area contributed by atoms with Crippen molar-refractivity contribution < 1.29 is 4.79 Å². The van der Waals surface area contributed by atoms with Crippen LogP contribution in [0.2, 0.25) is 5.15 Å². The number of nitrogens with zero attached hydrogens (tertiary/aromatic N) is 2. The average molecular weight is 362 g/mol. The summed E-state index contributed by atoms with van der Waals surface area (Å²) in [6.45, 7) is 0.440. The quantitative estimate of drug-likeness (QED) is 0.562. The van der Waals surface area contributed by atoms with Crippen molar-refractivity contribution in [2.75, 3.05) is 12.8 Å². The van der Waals surface area contributed by atoms with Crippen LogP contribution in [0.4, 0.5) is 5.69 Å². The molecule has 24 heavy (non-hydrogen) atoms. The van der Waals surface area contributed by atoms with E-state index < -0.39 is 0 Å². The Bertz CT molecular complexity index is 866. The fraction of sp³-hybridized carbons (Fsp3) is 0.111. The summed E-state index contributed by atoms with van der Waals surface area (Å²) in [7, 11) is 1.74. The van der Waals surface area contributed by atoms with E-state index in [2.05, 4.69) is 4.98 Å². The number of amides is 1. The van der Waals surface area contributed by atoms with Crippen molar-refractivity contribution in [2.24, 2.45) is 0 Å². The highest BCUT2D eigenvalue weighted by molar-refractivity contribution is 6.29. The lowest BCUT2D eigenvalue weighted by atomic mass is 10.0. The summed E-state index contributed by atoms with van der Waals surface area (Å²) in [6.07, 6.45) is 1.66. The number of anilines is 1. The average Bonchev–Trinajstić information content (AvgIpc) is 2.55. The van der Waals surface area contributed by atoms with E-state index in [0.717, 1.165) is 16.3 Å². The molecule has 3 rings (SSSR count). The van der Waals surface area contributed by atoms with Crippen molar-refractivity contribution in [3.8, 4) is 0 Å². The second-order valence-corrected chi connectivity index (χ2v) is 5.82. The first-order valence-electron chi connectivity index (χ1n) is 7.19. The van der Waals surface area contributed by atoms with Crippen LogP contribution in [0.1, 0.15) is 15.9 Å². The third-order valence-corrected chi connectivity index (χ3v) is 3.93. The largest absolute Gasteiger partial charge is 0.398 e. The van der Waals surface area contributed by atoms with Crippen LogP contribution in [-0.4, -0.2) is 22.8 Å². The van der Waals surface area contributed by atoms with Gasteiger partial charge in [-0.1, -0.05) is 41.9 Å². The molecule has 124 valence electrons. The molecule has 6 heteroatoms. The number of rotatable bonds is 3. The number of nitrogen functional groups attached to an aromatic ring is 1. The zero-order valence-corrected chi connectivity index (χ0v) is 14.6. The molecule has 1 heterocycles. The molecule has 0 unspecified atom stereocenters. The van der Waals surface area contributed by atoms with Crippen molar-refractivity contribution >= 4 is 46.4 Å². The van der Waals surface area contributed by atoms with Crippen LogP contribution in [0.5, 0.6) is 0 Å². The van der Waals surface area contributed by atoms with Crippen LogP contribution in [0.25, 0.3) is 10.8 Å². The number of fused-ring (bicyclic) bond motifs is 1. The zero-order chi connectivity index (χ0) is 16.4. The van der Waals surface area contributed by atoms with Gasteiger partial charge in [0.1, 0.15) is 5.15 Å². The van der Waals surface area contributed by atoms with E-state index in [9.17, 15) is 4.79 Å². The van der Waals surface area contributed by atoms with Gasteiger partial charge in [0.25, 0.3) is 5.91 Å². The van der Waals surface area contributed by atoms with Crippen molar-refractivity contribution in [2.45, 2.75) is 6.54 Å². The number of halogens is 2. The maximum Gasteiger partial charge on any atom is 0.256 e. The number of aromatic nitrogens is 1. The van der Waals surface area contributed by atoms with Gasteiger partial charge in [-0.05, 0) is 34.5 Å². The van der Waals surface area contributed by atoms with Crippen LogP contribution in [-0.2, 0) is 6.54 Å². The molecule has 0 aliphatic rings. The van der Waals surface area contributed by atoms with Gasteiger partial charge in [-0.3, -0.25) is 4.79 Å². The molecular weight excluding hydrogens is 345 g/mol. The molecule has 0 aliphatic heterocycles. The van der Waals surface area contributed by atoms with Gasteiger partial charge >= 0.3 is 0 Å². The normalized spacial score (nSPS) is 10.2. The van der Waals surface area contributed by atoms with Crippen molar-refractivity contribution in [3.05, 3.63) is 71.0 Å². The topological polar surface area (TPSA) is 59.2 Å². The molecule has 2 aromatic carbocycles. The van der Waals surface area contributed by atoms with Crippen molar-refractivity contribution in [3.63, 3.8) is 0 Å². The highest BCUT2D eigenvalue weighted by Gasteiger charge is 2.16. The molecule has 2 N–H and O–H groups in total. The Labute approximate surface area is 151 Å². The number of benzene rings is 2. The second-order valence-electron chi connectivity index (χ2n) is 5.44. The molecule has 0 saturated heterocycles. The molecule has 0 saturated carbocycles. The molecule has 3 aromatic rings. The lowest BCUT2D eigenvalue weighted by molar-refractivity contribution is 0.0786. The van der Waals surface area contributed by atoms with E-state index in [1.54, 1.807) is 24.2 Å². The van der Waals surface area contributed by atoms with Crippen molar-refractivity contribution in [1.29, 1.82) is 0 Å². The lowest BCUT2D eigenvalue weighted by Crippen LogP contribution is -2.27. The first kappa shape index (κ1) is 18.0. The van der Waals surface area contributed by atoms with E-state index in [0.29, 0.717) is 22.9 Å². The van der Waals surface area contributed by atoms with Gasteiger partial charge in [0, 0.05) is 25.5 Å². The van der Waals surface area contributed by atoms with Gasteiger partial charge in [-0.15, -0.1) is 12.4 Å². The standard InChI is InChI=1S/C18H16ClN3O.ClH/c1-22(11-12-6-7-17(19)21-10-12)18(23)15-8-13-4-2-3-5-14(13)9-16(15)20;/h2-10H,11,20H2,1H3;1H. The number of hydrogen-bond acceptors (Lipinski definition) is 3. The number of carbonyl (C=O) groups excluding carboxylic acids is 1. The number of carbonyl (C=O) groups is 1. The maximum atomic E-state index is 12.7. The third-order valence-electron chi connectivity index (χ3n) is 3.70. The first-order chi connectivity index (χ1) is 11.0. The predicted octanol–water partition coefficient (Wildman–Crippen LogP) is 4.16. The Morgan fingerprint density at radius 2 is 1.83 bits per heavy atom. The van der Waals surface area contributed by atoms with Crippen molar-refractivity contribution in [1.82, 2.24) is 9.88 Å². The summed E-state index contributed by atoms with van der Waals surface area (Å²) in [6, 6.07) is 15.1. The molecular formula is C18H17Cl2N3O. The van der Waals surface area contributed by atoms with Crippen LogP contribution in [0.15, 0.2) is 54.7 Å². The van der Waals surface area contributed by atoms with Crippen LogP contribution < -0.4 is 5.73 Å². The lowest BCUT2D eigenvalue weighted by Gasteiger charge is -2.18. The maximum absolute atomic E-state index is 12.7. The minimum atomic E-state index is -0.122. The Hall–Kier alpha value is -2.30. The first-order valence-corrected chi connectivity index (χ1v) is 7.56. The van der Waals surface area contributed by atoms with Crippen LogP contribution >= 0.6 is 24.0 Å². The molecule has 1 aromatic heterocycles. The van der Waals surface area contributed by atoms with Gasteiger partial charge in [-0.2, -0.15) is 0 Å². The number of hydrogen-bond donors (Lipinski definition) is 1. The summed E-state index contributed by atoms with van der Waals surface area (Å²) >= 11 is 5.77. The number of pyridine rings is 1. The van der Waals surface area contributed by atoms with E-state index in [-0.39, 0.29) is 18.3 Å². The van der Waals surface area contributed by atoms with Gasteiger partial charge in [0.15, 0.2) is 0 Å². The summed E-state index contributed by atoms with van der Waals surface area (Å²) in [5.41, 5.74) is 7.96. The Balaban J connectivity index is 0.00000208. The molecule has 0 atom stereocenters. The van der Waals surface area contributed by atoms with Gasteiger partial charge in [0.05, 0.1) is 5.56 Å². The van der Waals surface area contributed by atoms with E-state index in [1.807, 2.05) is 42.5 Å². The molecule has 0 bridgehead atoms. The third kappa shape index (κ3) is 3.78. The second kappa shape index (κ2) is 7.51. The SMILES string of the molecule is CN(Cc1ccc(Cl)nc1)C(=O)c1cc2ccccc2cc1N.Cl. The molecule has 4 nitrogen and oxygen atoms in total. The highest BCUT2D eigenvalue weighted by Crippen LogP contribution is 2.23. The van der Waals surface area contributed by atoms with E-state index in [4.69, 9.17) is 17.3 Å². The summed E-state index contributed by atoms with van der Waals surface area (Å²) in [5, 5.41) is 2.44. The van der Waals surface area contributed by atoms with Gasteiger partial charge in [0.2, 0.25) is 0 Å². The highest BCUT2D eigenvalue weighted by atomic mass is 35.5. The molecule has 0 radical (unpaired) electrons. The fourth-order valence-corrected chi connectivity index (χ4v) is 2.61. The molecule has 0 spiro atoms. The Kier molecular flexibility index (Phi) is 5.65. The van der Waals surface area contributed by atoms with E-state index in [1.165, 1.54) is 0 Å². The Morgan fingerprint density at radius 3 is 2.46 bits per heavy atom. The minimum Gasteiger partial charge on any atom is -0.398 e. The summed E-state index contributed by atoms with van der Waals surface area (Å²) < 4.78 is 0. The molecule has 1 amide bonds. The van der Waals surface area contributed by atoms with Crippen LogP contribution in [0, 0.1) is 0 Å².